The molecule has 1 aliphatic rings. The number of nitrogens with zero attached hydrogens (tertiary/aromatic N) is 3. The molecule has 1 aromatic heterocycles. The van der Waals surface area contributed by atoms with Gasteiger partial charge in [0.05, 0.1) is 13.2 Å². The van der Waals surface area contributed by atoms with Crippen LogP contribution >= 0.6 is 0 Å². The van der Waals surface area contributed by atoms with Gasteiger partial charge in [0.1, 0.15) is 0 Å². The first-order valence-corrected chi connectivity index (χ1v) is 5.24. The zero-order chi connectivity index (χ0) is 12.3. The molecule has 0 aromatic carbocycles. The first kappa shape index (κ1) is 11.4. The van der Waals surface area contributed by atoms with Gasteiger partial charge in [-0.05, 0) is 5.16 Å². The minimum absolute atomic E-state index is 0.154. The van der Waals surface area contributed by atoms with Crippen LogP contribution in [0.4, 0.5) is 0 Å². The summed E-state index contributed by atoms with van der Waals surface area (Å²) in [4.78, 5) is 25.7. The van der Waals surface area contributed by atoms with Crippen molar-refractivity contribution >= 4 is 12.3 Å². The Balaban J connectivity index is 1.98. The number of hydrogen-bond acceptors (Lipinski definition) is 5. The first-order valence-electron chi connectivity index (χ1n) is 5.24. The van der Waals surface area contributed by atoms with Gasteiger partial charge < -0.3 is 19.1 Å². The normalized spacial score (nSPS) is 15.8. The van der Waals surface area contributed by atoms with Crippen molar-refractivity contribution in [2.24, 2.45) is 0 Å². The minimum atomic E-state index is -0.230. The van der Waals surface area contributed by atoms with E-state index in [1.807, 2.05) is 0 Å². The predicted molar refractivity (Wildman–Crippen MR) is 56.6 cm³/mol. The maximum Gasteiger partial charge on any atom is 0.292 e. The molecule has 0 bridgehead atoms. The highest BCUT2D eigenvalue weighted by Crippen LogP contribution is 2.13. The molecule has 92 valence electrons. The summed E-state index contributed by atoms with van der Waals surface area (Å²) in [6.45, 7) is 2.09. The zero-order valence-corrected chi connectivity index (χ0v) is 9.46. The van der Waals surface area contributed by atoms with Crippen LogP contribution in [0.15, 0.2) is 10.6 Å². The average molecular weight is 239 g/mol. The molecule has 0 atom stereocenters. The van der Waals surface area contributed by atoms with E-state index in [0.717, 1.165) is 6.41 Å². The van der Waals surface area contributed by atoms with Crippen LogP contribution in [0.2, 0.25) is 0 Å². The first-order chi connectivity index (χ1) is 8.24. The summed E-state index contributed by atoms with van der Waals surface area (Å²) in [5.41, 5.74) is 0. The highest BCUT2D eigenvalue weighted by Gasteiger charge is 2.24. The lowest BCUT2D eigenvalue weighted by Crippen LogP contribution is -2.48. The molecule has 1 fully saturated rings. The van der Waals surface area contributed by atoms with Crippen molar-refractivity contribution in [1.82, 2.24) is 15.0 Å². The minimum Gasteiger partial charge on any atom is -0.479 e. The molecule has 0 aliphatic carbocycles. The second kappa shape index (κ2) is 4.86. The molecule has 2 amide bonds. The Hall–Kier alpha value is -2.05. The van der Waals surface area contributed by atoms with Crippen LogP contribution in [-0.2, 0) is 4.79 Å². The third-order valence-corrected chi connectivity index (χ3v) is 2.66. The molecule has 2 rings (SSSR count). The smallest absolute Gasteiger partial charge is 0.292 e. The van der Waals surface area contributed by atoms with Gasteiger partial charge in [0.15, 0.2) is 0 Å². The number of ether oxygens (including phenoxy) is 1. The zero-order valence-electron chi connectivity index (χ0n) is 9.46. The summed E-state index contributed by atoms with van der Waals surface area (Å²) in [5.74, 6) is 0.202. The SMILES string of the molecule is COc1cc(C(=O)N2CCN(C=O)CC2)on1. The van der Waals surface area contributed by atoms with E-state index in [0.29, 0.717) is 26.2 Å². The van der Waals surface area contributed by atoms with Crippen LogP contribution in [0, 0.1) is 0 Å². The Labute approximate surface area is 97.9 Å². The molecule has 1 aliphatic heterocycles. The van der Waals surface area contributed by atoms with E-state index in [1.54, 1.807) is 9.80 Å². The molecule has 0 radical (unpaired) electrons. The summed E-state index contributed by atoms with van der Waals surface area (Å²) >= 11 is 0. The number of piperazine rings is 1. The monoisotopic (exact) mass is 239 g/mol. The van der Waals surface area contributed by atoms with Crippen molar-refractivity contribution in [2.45, 2.75) is 0 Å². The van der Waals surface area contributed by atoms with E-state index >= 15 is 0 Å². The van der Waals surface area contributed by atoms with Gasteiger partial charge in [-0.2, -0.15) is 0 Å². The Morgan fingerprint density at radius 1 is 1.47 bits per heavy atom. The van der Waals surface area contributed by atoms with E-state index in [9.17, 15) is 9.59 Å². The maximum atomic E-state index is 12.0. The molecule has 1 saturated heterocycles. The number of carbonyl (C=O) groups is 2. The van der Waals surface area contributed by atoms with Gasteiger partial charge in [0.25, 0.3) is 11.8 Å². The highest BCUT2D eigenvalue weighted by molar-refractivity contribution is 5.91. The number of methoxy groups -OCH3 is 1. The number of hydrogen-bond donors (Lipinski definition) is 0. The fourth-order valence-electron chi connectivity index (χ4n) is 1.64. The average Bonchev–Trinajstić information content (AvgIpc) is 2.87. The van der Waals surface area contributed by atoms with Gasteiger partial charge in [0, 0.05) is 26.2 Å². The Morgan fingerprint density at radius 3 is 2.71 bits per heavy atom. The van der Waals surface area contributed by atoms with Crippen LogP contribution in [-0.4, -0.2) is 60.6 Å². The van der Waals surface area contributed by atoms with Gasteiger partial charge in [-0.3, -0.25) is 9.59 Å². The summed E-state index contributed by atoms with van der Waals surface area (Å²) in [7, 11) is 1.45. The second-order valence-corrected chi connectivity index (χ2v) is 3.67. The summed E-state index contributed by atoms with van der Waals surface area (Å²) in [6.07, 6.45) is 0.791. The lowest BCUT2D eigenvalue weighted by atomic mass is 10.3. The third-order valence-electron chi connectivity index (χ3n) is 2.66. The van der Waals surface area contributed by atoms with Crippen molar-refractivity contribution in [3.05, 3.63) is 11.8 Å². The number of carbonyl (C=O) groups excluding carboxylic acids is 2. The van der Waals surface area contributed by atoms with Gasteiger partial charge in [-0.1, -0.05) is 0 Å². The summed E-state index contributed by atoms with van der Waals surface area (Å²) < 4.78 is 9.71. The van der Waals surface area contributed by atoms with Crippen molar-refractivity contribution in [3.8, 4) is 5.88 Å². The van der Waals surface area contributed by atoms with E-state index in [2.05, 4.69) is 5.16 Å². The molecule has 1 aromatic rings. The molecule has 7 heteroatoms. The van der Waals surface area contributed by atoms with Crippen molar-refractivity contribution < 1.29 is 18.8 Å². The van der Waals surface area contributed by atoms with Gasteiger partial charge >= 0.3 is 0 Å². The standard InChI is InChI=1S/C10H13N3O4/c1-16-9-6-8(17-11-9)10(15)13-4-2-12(7-14)3-5-13/h6-7H,2-5H2,1H3. The molecule has 0 spiro atoms. The van der Waals surface area contributed by atoms with Crippen molar-refractivity contribution in [2.75, 3.05) is 33.3 Å². The molecular formula is C10H13N3O4. The van der Waals surface area contributed by atoms with Crippen molar-refractivity contribution in [1.29, 1.82) is 0 Å². The van der Waals surface area contributed by atoms with Crippen LogP contribution in [0.1, 0.15) is 10.6 Å². The Bertz CT molecular complexity index is 409. The van der Waals surface area contributed by atoms with E-state index in [1.165, 1.54) is 13.2 Å². The summed E-state index contributed by atoms with van der Waals surface area (Å²) in [6, 6.07) is 1.45. The fourth-order valence-corrected chi connectivity index (χ4v) is 1.64. The molecule has 17 heavy (non-hydrogen) atoms. The Kier molecular flexibility index (Phi) is 3.27. The summed E-state index contributed by atoms with van der Waals surface area (Å²) in [5, 5.41) is 3.57. The second-order valence-electron chi connectivity index (χ2n) is 3.67. The lowest BCUT2D eigenvalue weighted by Gasteiger charge is -2.31. The van der Waals surface area contributed by atoms with E-state index in [-0.39, 0.29) is 17.5 Å². The molecule has 2 heterocycles. The van der Waals surface area contributed by atoms with E-state index in [4.69, 9.17) is 9.26 Å². The van der Waals surface area contributed by atoms with Crippen LogP contribution in [0.5, 0.6) is 5.88 Å². The molecule has 0 saturated carbocycles. The van der Waals surface area contributed by atoms with Gasteiger partial charge in [-0.25, -0.2) is 0 Å². The quantitative estimate of drug-likeness (QED) is 0.671. The number of rotatable bonds is 3. The number of amides is 2. The predicted octanol–water partition coefficient (Wildman–Crippen LogP) is -0.403. The topological polar surface area (TPSA) is 75.9 Å². The molecule has 0 unspecified atom stereocenters. The van der Waals surface area contributed by atoms with Gasteiger partial charge in [0.2, 0.25) is 12.2 Å². The van der Waals surface area contributed by atoms with Crippen molar-refractivity contribution in [3.63, 3.8) is 0 Å². The molecule has 7 nitrogen and oxygen atoms in total. The lowest BCUT2D eigenvalue weighted by molar-refractivity contribution is -0.119. The maximum absolute atomic E-state index is 12.0. The number of aromatic nitrogens is 1. The van der Waals surface area contributed by atoms with E-state index < -0.39 is 0 Å². The highest BCUT2D eigenvalue weighted by atomic mass is 16.5. The molecule has 0 N–H and O–H groups in total. The fraction of sp³-hybridized carbons (Fsp3) is 0.500. The third kappa shape index (κ3) is 2.38. The van der Waals surface area contributed by atoms with Gasteiger partial charge in [-0.15, -0.1) is 0 Å². The van der Waals surface area contributed by atoms with Crippen LogP contribution in [0.3, 0.4) is 0 Å². The van der Waals surface area contributed by atoms with Crippen LogP contribution < -0.4 is 4.74 Å². The Morgan fingerprint density at radius 2 is 2.18 bits per heavy atom. The molecular weight excluding hydrogens is 226 g/mol. The largest absolute Gasteiger partial charge is 0.479 e. The van der Waals surface area contributed by atoms with Crippen LogP contribution in [0.25, 0.3) is 0 Å².